The van der Waals surface area contributed by atoms with Gasteiger partial charge in [-0.15, -0.1) is 6.58 Å². The molecule has 0 amide bonds. The molecule has 130 valence electrons. The number of aliphatic hydroxyl groups is 2. The zero-order valence-electron chi connectivity index (χ0n) is 15.6. The lowest BCUT2D eigenvalue weighted by atomic mass is 9.36. The van der Waals surface area contributed by atoms with Crippen molar-refractivity contribution >= 4 is 0 Å². The fraction of sp³-hybridized carbons (Fsp3) is 0.810. The van der Waals surface area contributed by atoms with Crippen LogP contribution in [-0.2, 0) is 0 Å². The van der Waals surface area contributed by atoms with Gasteiger partial charge in [0.1, 0.15) is 0 Å². The van der Waals surface area contributed by atoms with Crippen LogP contribution in [0, 0.1) is 21.7 Å². The summed E-state index contributed by atoms with van der Waals surface area (Å²) in [6.07, 6.45) is 9.85. The first-order valence-electron chi connectivity index (χ1n) is 9.22. The SMILES string of the molecule is C=C[C@]1(C)C=C2CC[C@]3(C)[C@](C)(CC[C@H](O)[C@]3(C)O)[C@@]2(C)CC1. The van der Waals surface area contributed by atoms with Crippen LogP contribution in [0.3, 0.4) is 0 Å². The maximum Gasteiger partial charge on any atom is 0.0936 e. The molecule has 3 rings (SSSR count). The van der Waals surface area contributed by atoms with Gasteiger partial charge in [-0.3, -0.25) is 0 Å². The van der Waals surface area contributed by atoms with E-state index in [1.165, 1.54) is 0 Å². The van der Waals surface area contributed by atoms with E-state index in [2.05, 4.69) is 46.4 Å². The van der Waals surface area contributed by atoms with Crippen LogP contribution in [0.15, 0.2) is 24.3 Å². The first kappa shape index (κ1) is 17.2. The van der Waals surface area contributed by atoms with E-state index in [0.29, 0.717) is 6.42 Å². The molecule has 2 N–H and O–H groups in total. The maximum absolute atomic E-state index is 11.2. The van der Waals surface area contributed by atoms with E-state index in [1.807, 2.05) is 6.92 Å². The van der Waals surface area contributed by atoms with Crippen molar-refractivity contribution in [1.82, 2.24) is 0 Å². The molecule has 0 aromatic carbocycles. The molecule has 2 saturated carbocycles. The van der Waals surface area contributed by atoms with E-state index in [4.69, 9.17) is 0 Å². The molecule has 2 heteroatoms. The lowest BCUT2D eigenvalue weighted by molar-refractivity contribution is -0.257. The quantitative estimate of drug-likeness (QED) is 0.693. The van der Waals surface area contributed by atoms with E-state index in [1.54, 1.807) is 5.57 Å². The smallest absolute Gasteiger partial charge is 0.0936 e. The summed E-state index contributed by atoms with van der Waals surface area (Å²) >= 11 is 0. The zero-order valence-corrected chi connectivity index (χ0v) is 15.6. The van der Waals surface area contributed by atoms with Gasteiger partial charge < -0.3 is 10.2 Å². The van der Waals surface area contributed by atoms with Crippen LogP contribution >= 0.6 is 0 Å². The first-order chi connectivity index (χ1) is 10.5. The van der Waals surface area contributed by atoms with E-state index >= 15 is 0 Å². The molecule has 2 nitrogen and oxygen atoms in total. The molecule has 0 bridgehead atoms. The van der Waals surface area contributed by atoms with Crippen molar-refractivity contribution in [1.29, 1.82) is 0 Å². The molecule has 0 spiro atoms. The van der Waals surface area contributed by atoms with Gasteiger partial charge >= 0.3 is 0 Å². The van der Waals surface area contributed by atoms with Gasteiger partial charge in [0.05, 0.1) is 11.7 Å². The van der Waals surface area contributed by atoms with Crippen molar-refractivity contribution in [2.24, 2.45) is 21.7 Å². The van der Waals surface area contributed by atoms with Crippen molar-refractivity contribution in [2.75, 3.05) is 0 Å². The van der Waals surface area contributed by atoms with Gasteiger partial charge in [0.15, 0.2) is 0 Å². The second-order valence-corrected chi connectivity index (χ2v) is 9.58. The number of rotatable bonds is 1. The van der Waals surface area contributed by atoms with Crippen molar-refractivity contribution in [3.05, 3.63) is 24.3 Å². The monoisotopic (exact) mass is 318 g/mol. The van der Waals surface area contributed by atoms with Gasteiger partial charge in [-0.2, -0.15) is 0 Å². The fourth-order valence-electron chi connectivity index (χ4n) is 6.16. The average Bonchev–Trinajstić information content (AvgIpc) is 2.50. The molecule has 0 aliphatic heterocycles. The minimum Gasteiger partial charge on any atom is -0.390 e. The number of aliphatic hydroxyl groups excluding tert-OH is 1. The molecular formula is C21H34O2. The largest absolute Gasteiger partial charge is 0.390 e. The van der Waals surface area contributed by atoms with Gasteiger partial charge in [0.2, 0.25) is 0 Å². The summed E-state index contributed by atoms with van der Waals surface area (Å²) in [5.41, 5.74) is 0.495. The molecule has 0 radical (unpaired) electrons. The van der Waals surface area contributed by atoms with Gasteiger partial charge in [-0.25, -0.2) is 0 Å². The second kappa shape index (κ2) is 4.73. The normalized spacial score (nSPS) is 56.3. The molecule has 0 saturated heterocycles. The summed E-state index contributed by atoms with van der Waals surface area (Å²) < 4.78 is 0. The Morgan fingerprint density at radius 1 is 1.04 bits per heavy atom. The van der Waals surface area contributed by atoms with Crippen molar-refractivity contribution in [3.8, 4) is 0 Å². The molecule has 0 unspecified atom stereocenters. The van der Waals surface area contributed by atoms with Crippen LogP contribution in [0.4, 0.5) is 0 Å². The Morgan fingerprint density at radius 3 is 2.30 bits per heavy atom. The second-order valence-electron chi connectivity index (χ2n) is 9.58. The molecule has 0 heterocycles. The molecule has 3 aliphatic rings. The van der Waals surface area contributed by atoms with Crippen molar-refractivity contribution in [2.45, 2.75) is 84.8 Å². The Morgan fingerprint density at radius 2 is 1.70 bits per heavy atom. The standard InChI is InChI=1S/C21H34O2/c1-7-17(2)12-13-18(3)15(14-17)8-10-20(5)19(18,4)11-9-16(22)21(20,6)23/h7,14,16,22-23H,1,8-13H2,2-6H3/t16-,17-,18-,19+,20+,21-/m0/s1. The third-order valence-corrected chi connectivity index (χ3v) is 8.86. The van der Waals surface area contributed by atoms with Crippen LogP contribution in [0.1, 0.15) is 73.1 Å². The topological polar surface area (TPSA) is 40.5 Å². The van der Waals surface area contributed by atoms with Crippen molar-refractivity contribution in [3.63, 3.8) is 0 Å². The number of fused-ring (bicyclic) bond motifs is 3. The van der Waals surface area contributed by atoms with E-state index < -0.39 is 11.7 Å². The Labute approximate surface area is 141 Å². The Kier molecular flexibility index (Phi) is 3.54. The predicted octanol–water partition coefficient (Wildman–Crippen LogP) is 4.62. The van der Waals surface area contributed by atoms with Crippen LogP contribution in [0.5, 0.6) is 0 Å². The fourth-order valence-corrected chi connectivity index (χ4v) is 6.16. The minimum absolute atomic E-state index is 0.00924. The highest BCUT2D eigenvalue weighted by Gasteiger charge is 2.69. The van der Waals surface area contributed by atoms with Crippen LogP contribution < -0.4 is 0 Å². The zero-order chi connectivity index (χ0) is 17.3. The van der Waals surface area contributed by atoms with Gasteiger partial charge in [0, 0.05) is 10.8 Å². The molecule has 6 atom stereocenters. The van der Waals surface area contributed by atoms with Crippen LogP contribution in [0.2, 0.25) is 0 Å². The summed E-state index contributed by atoms with van der Waals surface area (Å²) in [6.45, 7) is 15.2. The lowest BCUT2D eigenvalue weighted by Crippen LogP contribution is -2.69. The van der Waals surface area contributed by atoms with Gasteiger partial charge in [-0.1, -0.05) is 45.4 Å². The summed E-state index contributed by atoms with van der Waals surface area (Å²) in [6, 6.07) is 0. The third kappa shape index (κ3) is 1.88. The summed E-state index contributed by atoms with van der Waals surface area (Å²) in [4.78, 5) is 0. The highest BCUT2D eigenvalue weighted by atomic mass is 16.3. The average molecular weight is 319 g/mol. The highest BCUT2D eigenvalue weighted by Crippen LogP contribution is 2.72. The molecule has 2 fully saturated rings. The van der Waals surface area contributed by atoms with E-state index in [-0.39, 0.29) is 21.7 Å². The molecule has 0 aromatic heterocycles. The lowest BCUT2D eigenvalue weighted by Gasteiger charge is -2.70. The molecule has 23 heavy (non-hydrogen) atoms. The van der Waals surface area contributed by atoms with Gasteiger partial charge in [-0.05, 0) is 56.3 Å². The Balaban J connectivity index is 2.14. The Bertz CT molecular complexity index is 562. The number of hydrogen-bond acceptors (Lipinski definition) is 2. The third-order valence-electron chi connectivity index (χ3n) is 8.86. The minimum atomic E-state index is -1.02. The molecule has 3 aliphatic carbocycles. The highest BCUT2D eigenvalue weighted by molar-refractivity contribution is 5.34. The number of allylic oxidation sites excluding steroid dienone is 3. The van der Waals surface area contributed by atoms with Crippen LogP contribution in [-0.4, -0.2) is 21.9 Å². The van der Waals surface area contributed by atoms with Crippen molar-refractivity contribution < 1.29 is 10.2 Å². The summed E-state index contributed by atoms with van der Waals surface area (Å²) in [5.74, 6) is 0. The van der Waals surface area contributed by atoms with E-state index in [0.717, 1.165) is 32.1 Å². The first-order valence-corrected chi connectivity index (χ1v) is 9.22. The maximum atomic E-state index is 11.2. The molecular weight excluding hydrogens is 284 g/mol. The summed E-state index contributed by atoms with van der Waals surface area (Å²) in [5, 5.41) is 21.7. The van der Waals surface area contributed by atoms with Gasteiger partial charge in [0.25, 0.3) is 0 Å². The molecule has 0 aromatic rings. The Hall–Kier alpha value is -0.600. The number of hydrogen-bond donors (Lipinski definition) is 2. The predicted molar refractivity (Wildman–Crippen MR) is 95.0 cm³/mol. The van der Waals surface area contributed by atoms with Crippen LogP contribution in [0.25, 0.3) is 0 Å². The van der Waals surface area contributed by atoms with E-state index in [9.17, 15) is 10.2 Å². The summed E-state index contributed by atoms with van der Waals surface area (Å²) in [7, 11) is 0.